The number of rotatable bonds is 5. The van der Waals surface area contributed by atoms with E-state index >= 15 is 0 Å². The van der Waals surface area contributed by atoms with Gasteiger partial charge in [0.25, 0.3) is 0 Å². The highest BCUT2D eigenvalue weighted by Gasteiger charge is 2.22. The van der Waals surface area contributed by atoms with Crippen LogP contribution in [0.3, 0.4) is 0 Å². The fourth-order valence-electron chi connectivity index (χ4n) is 2.17. The molecule has 0 saturated carbocycles. The Kier molecular flexibility index (Phi) is 4.85. The van der Waals surface area contributed by atoms with E-state index in [1.54, 1.807) is 0 Å². The van der Waals surface area contributed by atoms with E-state index in [1.165, 1.54) is 13.0 Å². The maximum Gasteiger partial charge on any atom is 0.0584 e. The van der Waals surface area contributed by atoms with Gasteiger partial charge in [-0.05, 0) is 32.4 Å². The summed E-state index contributed by atoms with van der Waals surface area (Å²) in [7, 11) is 2.15. The molecule has 3 heteroatoms. The van der Waals surface area contributed by atoms with Gasteiger partial charge in [-0.3, -0.25) is 0 Å². The van der Waals surface area contributed by atoms with Crippen LogP contribution < -0.4 is 5.32 Å². The summed E-state index contributed by atoms with van der Waals surface area (Å²) in [5.74, 6) is 0.652. The molecule has 3 nitrogen and oxygen atoms in total. The van der Waals surface area contributed by atoms with Gasteiger partial charge in [-0.25, -0.2) is 0 Å². The smallest absolute Gasteiger partial charge is 0.0584 e. The van der Waals surface area contributed by atoms with Gasteiger partial charge in [0.05, 0.1) is 6.61 Å². The summed E-state index contributed by atoms with van der Waals surface area (Å²) in [5, 5.41) is 12.8. The Morgan fingerprint density at radius 3 is 2.64 bits per heavy atom. The van der Waals surface area contributed by atoms with Crippen LogP contribution in [0.15, 0.2) is 0 Å². The molecule has 1 aliphatic rings. The predicted molar refractivity (Wildman–Crippen MR) is 59.4 cm³/mol. The second-order valence-corrected chi connectivity index (χ2v) is 4.92. The standard InChI is InChI=1S/C11H24N2O/c1-9(2)6-11(8-14)12-10-4-5-13(3)7-10/h9-12,14H,4-8H2,1-3H3. The van der Waals surface area contributed by atoms with Crippen molar-refractivity contribution in [1.29, 1.82) is 0 Å². The number of hydrogen-bond donors (Lipinski definition) is 2. The van der Waals surface area contributed by atoms with Crippen molar-refractivity contribution >= 4 is 0 Å². The number of nitrogens with one attached hydrogen (secondary N) is 1. The Morgan fingerprint density at radius 2 is 2.21 bits per heavy atom. The lowest BCUT2D eigenvalue weighted by Gasteiger charge is -2.22. The molecule has 0 aromatic heterocycles. The molecule has 0 bridgehead atoms. The minimum Gasteiger partial charge on any atom is -0.395 e. The zero-order valence-corrected chi connectivity index (χ0v) is 9.66. The molecule has 1 aliphatic heterocycles. The van der Waals surface area contributed by atoms with Crippen molar-refractivity contribution in [1.82, 2.24) is 10.2 Å². The summed E-state index contributed by atoms with van der Waals surface area (Å²) in [5.41, 5.74) is 0. The zero-order valence-electron chi connectivity index (χ0n) is 9.66. The average molecular weight is 200 g/mol. The first-order valence-corrected chi connectivity index (χ1v) is 5.67. The van der Waals surface area contributed by atoms with Crippen LogP contribution in [0.4, 0.5) is 0 Å². The van der Waals surface area contributed by atoms with Gasteiger partial charge < -0.3 is 15.3 Å². The van der Waals surface area contributed by atoms with Gasteiger partial charge in [0.15, 0.2) is 0 Å². The highest BCUT2D eigenvalue weighted by atomic mass is 16.3. The van der Waals surface area contributed by atoms with Crippen LogP contribution in [0, 0.1) is 5.92 Å². The second kappa shape index (κ2) is 5.69. The summed E-state index contributed by atoms with van der Waals surface area (Å²) in [6.45, 7) is 6.96. The maximum atomic E-state index is 9.23. The second-order valence-electron chi connectivity index (χ2n) is 4.92. The van der Waals surface area contributed by atoms with Gasteiger partial charge in [0.1, 0.15) is 0 Å². The topological polar surface area (TPSA) is 35.5 Å². The minimum absolute atomic E-state index is 0.262. The summed E-state index contributed by atoms with van der Waals surface area (Å²) >= 11 is 0. The monoisotopic (exact) mass is 200 g/mol. The third kappa shape index (κ3) is 3.95. The van der Waals surface area contributed by atoms with Crippen LogP contribution in [-0.2, 0) is 0 Å². The van der Waals surface area contributed by atoms with E-state index in [9.17, 15) is 5.11 Å². The minimum atomic E-state index is 0.262. The summed E-state index contributed by atoms with van der Waals surface area (Å²) in [4.78, 5) is 2.33. The van der Waals surface area contributed by atoms with E-state index in [0.717, 1.165) is 13.0 Å². The van der Waals surface area contributed by atoms with E-state index in [1.807, 2.05) is 0 Å². The molecule has 2 unspecified atom stereocenters. The molecule has 0 aromatic carbocycles. The van der Waals surface area contributed by atoms with Crippen molar-refractivity contribution in [2.45, 2.75) is 38.8 Å². The molecular formula is C11H24N2O. The molecule has 1 rings (SSSR count). The first kappa shape index (κ1) is 12.0. The van der Waals surface area contributed by atoms with Crippen molar-refractivity contribution in [2.75, 3.05) is 26.7 Å². The third-order valence-electron chi connectivity index (χ3n) is 2.84. The molecule has 0 aliphatic carbocycles. The zero-order chi connectivity index (χ0) is 10.6. The van der Waals surface area contributed by atoms with Crippen molar-refractivity contribution in [3.63, 3.8) is 0 Å². The van der Waals surface area contributed by atoms with Gasteiger partial charge in [-0.15, -0.1) is 0 Å². The Morgan fingerprint density at radius 1 is 1.50 bits per heavy atom. The van der Waals surface area contributed by atoms with E-state index in [-0.39, 0.29) is 12.6 Å². The summed E-state index contributed by atoms with van der Waals surface area (Å²) < 4.78 is 0. The van der Waals surface area contributed by atoms with E-state index < -0.39 is 0 Å². The van der Waals surface area contributed by atoms with Crippen LogP contribution in [0.2, 0.25) is 0 Å². The highest BCUT2D eigenvalue weighted by Crippen LogP contribution is 2.10. The molecule has 1 fully saturated rings. The molecule has 0 amide bonds. The number of nitrogens with zero attached hydrogens (tertiary/aromatic N) is 1. The lowest BCUT2D eigenvalue weighted by atomic mass is 10.0. The lowest BCUT2D eigenvalue weighted by molar-refractivity contribution is 0.212. The number of aliphatic hydroxyl groups excluding tert-OH is 1. The normalized spacial score (nSPS) is 25.9. The molecule has 0 radical (unpaired) electrons. The first-order chi connectivity index (χ1) is 6.61. The molecule has 0 spiro atoms. The van der Waals surface area contributed by atoms with Gasteiger partial charge >= 0.3 is 0 Å². The molecule has 84 valence electrons. The lowest BCUT2D eigenvalue weighted by Crippen LogP contribution is -2.42. The first-order valence-electron chi connectivity index (χ1n) is 5.67. The Hall–Kier alpha value is -0.120. The van der Waals surface area contributed by atoms with Crippen molar-refractivity contribution in [3.05, 3.63) is 0 Å². The largest absolute Gasteiger partial charge is 0.395 e. The third-order valence-corrected chi connectivity index (χ3v) is 2.84. The maximum absolute atomic E-state index is 9.23. The summed E-state index contributed by atoms with van der Waals surface area (Å²) in [6, 6.07) is 0.863. The number of likely N-dealkylation sites (N-methyl/N-ethyl adjacent to an activating group) is 1. The molecule has 1 saturated heterocycles. The number of hydrogen-bond acceptors (Lipinski definition) is 3. The molecule has 1 heterocycles. The highest BCUT2D eigenvalue weighted by molar-refractivity contribution is 4.82. The fourth-order valence-corrected chi connectivity index (χ4v) is 2.17. The number of likely N-dealkylation sites (tertiary alicyclic amines) is 1. The SMILES string of the molecule is CC(C)CC(CO)NC1CCN(C)C1. The molecular weight excluding hydrogens is 176 g/mol. The van der Waals surface area contributed by atoms with Crippen LogP contribution >= 0.6 is 0 Å². The Bertz CT molecular complexity index is 161. The quantitative estimate of drug-likeness (QED) is 0.685. The van der Waals surface area contributed by atoms with Crippen molar-refractivity contribution in [2.24, 2.45) is 5.92 Å². The van der Waals surface area contributed by atoms with Gasteiger partial charge in [-0.2, -0.15) is 0 Å². The predicted octanol–water partition coefficient (Wildman–Crippen LogP) is 0.687. The fraction of sp³-hybridized carbons (Fsp3) is 1.00. The van der Waals surface area contributed by atoms with Crippen LogP contribution in [0.25, 0.3) is 0 Å². The van der Waals surface area contributed by atoms with E-state index in [4.69, 9.17) is 0 Å². The van der Waals surface area contributed by atoms with E-state index in [2.05, 4.69) is 31.1 Å². The Labute approximate surface area is 87.5 Å². The van der Waals surface area contributed by atoms with Gasteiger partial charge in [0, 0.05) is 18.6 Å². The average Bonchev–Trinajstić information content (AvgIpc) is 2.49. The van der Waals surface area contributed by atoms with Crippen molar-refractivity contribution in [3.8, 4) is 0 Å². The van der Waals surface area contributed by atoms with Gasteiger partial charge in [-0.1, -0.05) is 13.8 Å². The molecule has 0 aromatic rings. The number of aliphatic hydroxyl groups is 1. The molecule has 2 atom stereocenters. The molecule has 2 N–H and O–H groups in total. The van der Waals surface area contributed by atoms with Gasteiger partial charge in [0.2, 0.25) is 0 Å². The molecule has 14 heavy (non-hydrogen) atoms. The summed E-state index contributed by atoms with van der Waals surface area (Å²) in [6.07, 6.45) is 2.28. The van der Waals surface area contributed by atoms with Crippen molar-refractivity contribution < 1.29 is 5.11 Å². The van der Waals surface area contributed by atoms with E-state index in [0.29, 0.717) is 12.0 Å². The van der Waals surface area contributed by atoms with Crippen LogP contribution in [0.1, 0.15) is 26.7 Å². The van der Waals surface area contributed by atoms with Crippen LogP contribution in [0.5, 0.6) is 0 Å². The Balaban J connectivity index is 2.26. The van der Waals surface area contributed by atoms with Crippen LogP contribution in [-0.4, -0.2) is 48.8 Å².